The lowest BCUT2D eigenvalue weighted by Crippen LogP contribution is -2.54. The highest BCUT2D eigenvalue weighted by Crippen LogP contribution is 2.26. The van der Waals surface area contributed by atoms with Crippen molar-refractivity contribution in [3.8, 4) is 0 Å². The molecule has 18 heavy (non-hydrogen) atoms. The van der Waals surface area contributed by atoms with E-state index in [1.54, 1.807) is 0 Å². The molecular formula is C16H34N2. The average molecular weight is 254 g/mol. The summed E-state index contributed by atoms with van der Waals surface area (Å²) >= 11 is 0. The first kappa shape index (κ1) is 16.0. The highest BCUT2D eigenvalue weighted by Gasteiger charge is 2.31. The predicted molar refractivity (Wildman–Crippen MR) is 81.1 cm³/mol. The fraction of sp³-hybridized carbons (Fsp3) is 1.00. The Morgan fingerprint density at radius 2 is 1.94 bits per heavy atom. The third kappa shape index (κ3) is 4.24. The van der Waals surface area contributed by atoms with Crippen molar-refractivity contribution in [1.29, 1.82) is 0 Å². The van der Waals surface area contributed by atoms with E-state index < -0.39 is 0 Å². The molecule has 1 saturated heterocycles. The molecule has 0 radical (unpaired) electrons. The van der Waals surface area contributed by atoms with Gasteiger partial charge in [0.25, 0.3) is 0 Å². The highest BCUT2D eigenvalue weighted by atomic mass is 15.2. The number of hydrogen-bond donors (Lipinski definition) is 1. The largest absolute Gasteiger partial charge is 0.315 e. The fourth-order valence-corrected chi connectivity index (χ4v) is 3.69. The van der Waals surface area contributed by atoms with Crippen molar-refractivity contribution in [1.82, 2.24) is 10.2 Å². The zero-order chi connectivity index (χ0) is 13.4. The highest BCUT2D eigenvalue weighted by molar-refractivity contribution is 4.88. The van der Waals surface area contributed by atoms with Crippen molar-refractivity contribution < 1.29 is 0 Å². The third-order valence-corrected chi connectivity index (χ3v) is 4.57. The van der Waals surface area contributed by atoms with Crippen LogP contribution in [0.1, 0.15) is 72.1 Å². The van der Waals surface area contributed by atoms with E-state index in [1.807, 2.05) is 0 Å². The molecule has 0 aliphatic carbocycles. The van der Waals surface area contributed by atoms with E-state index >= 15 is 0 Å². The van der Waals surface area contributed by atoms with Crippen molar-refractivity contribution in [2.45, 2.75) is 90.3 Å². The lowest BCUT2D eigenvalue weighted by Gasteiger charge is -2.44. The molecule has 0 aromatic carbocycles. The van der Waals surface area contributed by atoms with E-state index in [9.17, 15) is 0 Å². The lowest BCUT2D eigenvalue weighted by molar-refractivity contribution is 0.0634. The average Bonchev–Trinajstić information content (AvgIpc) is 2.40. The standard InChI is InChI=1S/C16H34N2/c1-5-10-14-12-8-9-13-18(14)16(7-3)15(17-4)11-6-2/h14-17H,5-13H2,1-4H3. The lowest BCUT2D eigenvalue weighted by atomic mass is 9.91. The quantitative estimate of drug-likeness (QED) is 0.708. The van der Waals surface area contributed by atoms with Gasteiger partial charge < -0.3 is 5.32 Å². The Kier molecular flexibility index (Phi) is 7.92. The topological polar surface area (TPSA) is 15.3 Å². The molecule has 0 saturated carbocycles. The number of likely N-dealkylation sites (tertiary alicyclic amines) is 1. The first-order valence-electron chi connectivity index (χ1n) is 8.21. The van der Waals surface area contributed by atoms with Gasteiger partial charge in [-0.15, -0.1) is 0 Å². The molecule has 0 bridgehead atoms. The molecule has 0 amide bonds. The van der Waals surface area contributed by atoms with Crippen LogP contribution in [0.15, 0.2) is 0 Å². The summed E-state index contributed by atoms with van der Waals surface area (Å²) < 4.78 is 0. The van der Waals surface area contributed by atoms with Gasteiger partial charge in [0.05, 0.1) is 0 Å². The predicted octanol–water partition coefficient (Wildman–Crippen LogP) is 3.81. The normalized spacial score (nSPS) is 25.0. The Bertz CT molecular complexity index is 195. The van der Waals surface area contributed by atoms with Crippen LogP contribution in [-0.4, -0.2) is 36.6 Å². The van der Waals surface area contributed by atoms with Gasteiger partial charge in [-0.25, -0.2) is 0 Å². The summed E-state index contributed by atoms with van der Waals surface area (Å²) in [5.41, 5.74) is 0. The molecule has 3 unspecified atom stereocenters. The number of nitrogens with zero attached hydrogens (tertiary/aromatic N) is 1. The minimum absolute atomic E-state index is 0.678. The number of hydrogen-bond acceptors (Lipinski definition) is 2. The van der Waals surface area contributed by atoms with Crippen molar-refractivity contribution >= 4 is 0 Å². The van der Waals surface area contributed by atoms with Gasteiger partial charge in [0, 0.05) is 18.1 Å². The molecule has 108 valence electrons. The second kappa shape index (κ2) is 8.92. The smallest absolute Gasteiger partial charge is 0.0249 e. The monoisotopic (exact) mass is 254 g/mol. The van der Waals surface area contributed by atoms with Crippen molar-refractivity contribution in [2.24, 2.45) is 0 Å². The summed E-state index contributed by atoms with van der Waals surface area (Å²) in [5, 5.41) is 3.57. The van der Waals surface area contributed by atoms with E-state index in [0.29, 0.717) is 6.04 Å². The molecule has 1 aliphatic heterocycles. The van der Waals surface area contributed by atoms with Crippen LogP contribution in [0.3, 0.4) is 0 Å². The van der Waals surface area contributed by atoms with E-state index in [-0.39, 0.29) is 0 Å². The van der Waals surface area contributed by atoms with E-state index in [4.69, 9.17) is 0 Å². The second-order valence-electron chi connectivity index (χ2n) is 5.84. The van der Waals surface area contributed by atoms with Crippen LogP contribution in [0.4, 0.5) is 0 Å². The van der Waals surface area contributed by atoms with Crippen molar-refractivity contribution in [3.05, 3.63) is 0 Å². The first-order valence-corrected chi connectivity index (χ1v) is 8.21. The van der Waals surface area contributed by atoms with E-state index in [1.165, 1.54) is 57.9 Å². The van der Waals surface area contributed by atoms with E-state index in [2.05, 4.69) is 38.0 Å². The minimum Gasteiger partial charge on any atom is -0.315 e. The number of rotatable bonds is 8. The molecule has 2 nitrogen and oxygen atoms in total. The Hall–Kier alpha value is -0.0800. The van der Waals surface area contributed by atoms with Crippen LogP contribution in [0, 0.1) is 0 Å². The summed E-state index contributed by atoms with van der Waals surface area (Å²) in [4.78, 5) is 2.84. The molecular weight excluding hydrogens is 220 g/mol. The van der Waals surface area contributed by atoms with Crippen molar-refractivity contribution in [2.75, 3.05) is 13.6 Å². The van der Waals surface area contributed by atoms with Crippen molar-refractivity contribution in [3.63, 3.8) is 0 Å². The van der Waals surface area contributed by atoms with Crippen LogP contribution in [0.5, 0.6) is 0 Å². The van der Waals surface area contributed by atoms with Gasteiger partial charge in [-0.3, -0.25) is 4.90 Å². The van der Waals surface area contributed by atoms with Crippen LogP contribution in [0.2, 0.25) is 0 Å². The number of nitrogens with one attached hydrogen (secondary N) is 1. The van der Waals surface area contributed by atoms with Gasteiger partial charge in [0.2, 0.25) is 0 Å². The zero-order valence-electron chi connectivity index (χ0n) is 13.0. The molecule has 1 heterocycles. The second-order valence-corrected chi connectivity index (χ2v) is 5.84. The number of piperidine rings is 1. The van der Waals surface area contributed by atoms with E-state index in [0.717, 1.165) is 12.1 Å². The third-order valence-electron chi connectivity index (χ3n) is 4.57. The maximum Gasteiger partial charge on any atom is 0.0249 e. The van der Waals surface area contributed by atoms with Gasteiger partial charge in [0.15, 0.2) is 0 Å². The summed E-state index contributed by atoms with van der Waals surface area (Å²) in [6, 6.07) is 2.27. The minimum atomic E-state index is 0.678. The SMILES string of the molecule is CCCC(NC)C(CC)N1CCCCC1CCC. The summed E-state index contributed by atoms with van der Waals surface area (Å²) in [6.45, 7) is 8.32. The molecule has 2 heteroatoms. The first-order chi connectivity index (χ1) is 8.78. The van der Waals surface area contributed by atoms with Gasteiger partial charge in [-0.2, -0.15) is 0 Å². The van der Waals surface area contributed by atoms with Crippen LogP contribution in [-0.2, 0) is 0 Å². The van der Waals surface area contributed by atoms with Gasteiger partial charge in [-0.1, -0.05) is 40.0 Å². The Balaban J connectivity index is 2.69. The fourth-order valence-electron chi connectivity index (χ4n) is 3.69. The van der Waals surface area contributed by atoms with Crippen LogP contribution >= 0.6 is 0 Å². The van der Waals surface area contributed by atoms with Crippen LogP contribution in [0.25, 0.3) is 0 Å². The maximum atomic E-state index is 3.57. The van der Waals surface area contributed by atoms with Gasteiger partial charge in [0.1, 0.15) is 0 Å². The summed E-state index contributed by atoms with van der Waals surface area (Å²) in [7, 11) is 2.14. The number of likely N-dealkylation sites (N-methyl/N-ethyl adjacent to an activating group) is 1. The molecule has 3 atom stereocenters. The Morgan fingerprint density at radius 3 is 2.50 bits per heavy atom. The van der Waals surface area contributed by atoms with Gasteiger partial charge >= 0.3 is 0 Å². The molecule has 1 N–H and O–H groups in total. The van der Waals surface area contributed by atoms with Gasteiger partial charge in [-0.05, 0) is 45.7 Å². The summed E-state index contributed by atoms with van der Waals surface area (Å²) in [5.74, 6) is 0. The van der Waals surface area contributed by atoms with Crippen LogP contribution < -0.4 is 5.32 Å². The summed E-state index contributed by atoms with van der Waals surface area (Å²) in [6.07, 6.45) is 10.9. The molecule has 1 aliphatic rings. The Labute approximate surface area is 115 Å². The molecule has 0 aromatic rings. The molecule has 0 aromatic heterocycles. The molecule has 1 rings (SSSR count). The molecule has 0 spiro atoms. The zero-order valence-corrected chi connectivity index (χ0v) is 13.0. The maximum absolute atomic E-state index is 3.57. The Morgan fingerprint density at radius 1 is 1.17 bits per heavy atom. The molecule has 1 fully saturated rings.